The number of thiazole rings is 1. The fourth-order valence-electron chi connectivity index (χ4n) is 3.81. The van der Waals surface area contributed by atoms with E-state index in [-0.39, 0.29) is 5.97 Å². The van der Waals surface area contributed by atoms with Gasteiger partial charge in [0, 0.05) is 28.2 Å². The molecule has 0 bridgehead atoms. The van der Waals surface area contributed by atoms with Crippen molar-refractivity contribution in [1.82, 2.24) is 9.97 Å². The molecule has 0 radical (unpaired) electrons. The largest absolute Gasteiger partial charge is 0.468 e. The second kappa shape index (κ2) is 6.25. The maximum Gasteiger partial charge on any atom is 0.315 e. The summed E-state index contributed by atoms with van der Waals surface area (Å²) in [5.41, 5.74) is 3.94. The number of aromatic amines is 1. The van der Waals surface area contributed by atoms with Crippen LogP contribution < -0.4 is 4.90 Å². The van der Waals surface area contributed by atoms with E-state index in [0.717, 1.165) is 37.5 Å². The molecule has 4 aromatic rings. The molecular weight excluding hydrogens is 382 g/mol. The topological polar surface area (TPSA) is 58.2 Å². The van der Waals surface area contributed by atoms with E-state index in [2.05, 4.69) is 16.0 Å². The van der Waals surface area contributed by atoms with Gasteiger partial charge in [-0.25, -0.2) is 4.98 Å². The first-order chi connectivity index (χ1) is 13.1. The molecule has 1 unspecified atom stereocenters. The van der Waals surface area contributed by atoms with Crippen molar-refractivity contribution in [1.29, 1.82) is 0 Å². The summed E-state index contributed by atoms with van der Waals surface area (Å²) in [6.07, 6.45) is 0. The van der Waals surface area contributed by atoms with Crippen LogP contribution in [0.25, 0.3) is 21.1 Å². The minimum Gasteiger partial charge on any atom is -0.468 e. The maximum atomic E-state index is 12.6. The van der Waals surface area contributed by atoms with Crippen molar-refractivity contribution in [2.24, 2.45) is 0 Å². The van der Waals surface area contributed by atoms with Crippen molar-refractivity contribution in [2.45, 2.75) is 12.5 Å². The summed E-state index contributed by atoms with van der Waals surface area (Å²) in [4.78, 5) is 22.9. The number of para-hydroxylation sites is 1. The summed E-state index contributed by atoms with van der Waals surface area (Å²) < 4.78 is 6.24. The molecular formula is C20H16ClN3O2S. The Labute approximate surface area is 164 Å². The number of aromatic nitrogens is 2. The number of nitrogens with one attached hydrogen (secondary N) is 1. The number of halogens is 1. The molecule has 0 fully saturated rings. The van der Waals surface area contributed by atoms with Gasteiger partial charge in [-0.2, -0.15) is 0 Å². The van der Waals surface area contributed by atoms with Gasteiger partial charge in [0.1, 0.15) is 5.92 Å². The Morgan fingerprint density at radius 1 is 1.33 bits per heavy atom. The average molecular weight is 398 g/mol. The molecule has 1 aliphatic heterocycles. The maximum absolute atomic E-state index is 12.6. The van der Waals surface area contributed by atoms with Crippen LogP contribution in [0.1, 0.15) is 17.2 Å². The lowest BCUT2D eigenvalue weighted by atomic mass is 9.92. The third-order valence-corrected chi connectivity index (χ3v) is 6.35. The summed E-state index contributed by atoms with van der Waals surface area (Å²) in [6, 6.07) is 13.8. The van der Waals surface area contributed by atoms with Crippen LogP contribution in [0.3, 0.4) is 0 Å². The fraction of sp³-hybridized carbons (Fsp3) is 0.200. The first-order valence-corrected chi connectivity index (χ1v) is 9.82. The number of methoxy groups -OCH3 is 1. The van der Waals surface area contributed by atoms with Gasteiger partial charge in [-0.1, -0.05) is 35.1 Å². The van der Waals surface area contributed by atoms with Gasteiger partial charge in [0.2, 0.25) is 0 Å². The summed E-state index contributed by atoms with van der Waals surface area (Å²) in [5, 5.41) is 2.55. The molecule has 7 heteroatoms. The number of nitrogens with zero attached hydrogens (tertiary/aromatic N) is 2. The van der Waals surface area contributed by atoms with Crippen molar-refractivity contribution in [2.75, 3.05) is 18.6 Å². The van der Waals surface area contributed by atoms with Crippen LogP contribution in [0.4, 0.5) is 5.13 Å². The van der Waals surface area contributed by atoms with E-state index in [1.807, 2.05) is 36.4 Å². The molecule has 2 aromatic heterocycles. The van der Waals surface area contributed by atoms with Crippen molar-refractivity contribution in [3.8, 4) is 0 Å². The predicted molar refractivity (Wildman–Crippen MR) is 109 cm³/mol. The Balaban J connectivity index is 1.64. The first kappa shape index (κ1) is 16.6. The van der Waals surface area contributed by atoms with E-state index in [1.54, 1.807) is 11.3 Å². The molecule has 0 saturated carbocycles. The van der Waals surface area contributed by atoms with Gasteiger partial charge in [-0.15, -0.1) is 0 Å². The van der Waals surface area contributed by atoms with Gasteiger partial charge in [0.15, 0.2) is 5.13 Å². The molecule has 0 amide bonds. The average Bonchev–Trinajstić information content (AvgIpc) is 3.27. The highest BCUT2D eigenvalue weighted by Gasteiger charge is 2.35. The lowest BCUT2D eigenvalue weighted by Gasteiger charge is -2.31. The molecule has 5 rings (SSSR count). The summed E-state index contributed by atoms with van der Waals surface area (Å²) in [5.74, 6) is -0.638. The van der Waals surface area contributed by atoms with Crippen molar-refractivity contribution >= 4 is 55.2 Å². The van der Waals surface area contributed by atoms with E-state index < -0.39 is 5.92 Å². The van der Waals surface area contributed by atoms with Gasteiger partial charge in [-0.05, 0) is 35.9 Å². The number of hydrogen-bond donors (Lipinski definition) is 1. The van der Waals surface area contributed by atoms with Gasteiger partial charge in [-0.3, -0.25) is 4.79 Å². The molecule has 0 aliphatic carbocycles. The molecule has 2 aromatic carbocycles. The molecule has 5 nitrogen and oxygen atoms in total. The molecule has 0 spiro atoms. The molecule has 136 valence electrons. The number of rotatable bonds is 2. The van der Waals surface area contributed by atoms with Crippen LogP contribution in [0.15, 0.2) is 42.5 Å². The second-order valence-electron chi connectivity index (χ2n) is 6.63. The van der Waals surface area contributed by atoms with Crippen LogP contribution in [-0.2, 0) is 16.1 Å². The molecule has 1 aliphatic rings. The normalized spacial score (nSPS) is 16.7. The van der Waals surface area contributed by atoms with Gasteiger partial charge < -0.3 is 14.6 Å². The Morgan fingerprint density at radius 3 is 3.00 bits per heavy atom. The fourth-order valence-corrected chi connectivity index (χ4v) is 4.95. The Hall–Kier alpha value is -2.57. The molecule has 27 heavy (non-hydrogen) atoms. The molecule has 1 atom stereocenters. The highest BCUT2D eigenvalue weighted by atomic mass is 35.5. The summed E-state index contributed by atoms with van der Waals surface area (Å²) >= 11 is 7.84. The zero-order valence-corrected chi connectivity index (χ0v) is 16.1. The highest BCUT2D eigenvalue weighted by Crippen LogP contribution is 2.39. The monoisotopic (exact) mass is 397 g/mol. The lowest BCUT2D eigenvalue weighted by molar-refractivity contribution is -0.142. The Morgan fingerprint density at radius 2 is 2.19 bits per heavy atom. The third-order valence-electron chi connectivity index (χ3n) is 5.02. The molecule has 3 heterocycles. The second-order valence-corrected chi connectivity index (χ2v) is 8.07. The van der Waals surface area contributed by atoms with Crippen LogP contribution in [0.5, 0.6) is 0 Å². The van der Waals surface area contributed by atoms with Gasteiger partial charge >= 0.3 is 5.97 Å². The van der Waals surface area contributed by atoms with Gasteiger partial charge in [0.25, 0.3) is 0 Å². The zero-order valence-electron chi connectivity index (χ0n) is 14.5. The number of esters is 1. The number of H-pyrrole nitrogens is 1. The SMILES string of the molecule is COC(=O)C1CN(c2nc3ccccc3s2)Cc2[nH]c3ccc(Cl)cc3c21. The van der Waals surface area contributed by atoms with Crippen molar-refractivity contribution in [3.05, 3.63) is 58.7 Å². The third kappa shape index (κ3) is 2.67. The van der Waals surface area contributed by atoms with Crippen LogP contribution >= 0.6 is 22.9 Å². The standard InChI is InChI=1S/C20H16ClN3O2S/c1-26-19(25)13-9-24(20-23-15-4-2-3-5-17(15)27-20)10-16-18(13)12-8-11(21)6-7-14(12)22-16/h2-8,13,22H,9-10H2,1H3. The van der Waals surface area contributed by atoms with Gasteiger partial charge in [0.05, 0.1) is 23.9 Å². The van der Waals surface area contributed by atoms with Crippen molar-refractivity contribution < 1.29 is 9.53 Å². The first-order valence-electron chi connectivity index (χ1n) is 8.62. The van der Waals surface area contributed by atoms with Crippen molar-refractivity contribution in [3.63, 3.8) is 0 Å². The minimum atomic E-state index is -0.391. The van der Waals surface area contributed by atoms with E-state index in [9.17, 15) is 4.79 Å². The minimum absolute atomic E-state index is 0.247. The summed E-state index contributed by atoms with van der Waals surface area (Å²) in [7, 11) is 1.43. The van der Waals surface area contributed by atoms with E-state index in [0.29, 0.717) is 18.1 Å². The molecule has 0 saturated heterocycles. The highest BCUT2D eigenvalue weighted by molar-refractivity contribution is 7.22. The van der Waals surface area contributed by atoms with E-state index in [4.69, 9.17) is 21.3 Å². The van der Waals surface area contributed by atoms with E-state index in [1.165, 1.54) is 7.11 Å². The molecule has 1 N–H and O–H groups in total. The number of anilines is 1. The number of ether oxygens (including phenoxy) is 1. The number of carbonyl (C=O) groups excluding carboxylic acids is 1. The van der Waals surface area contributed by atoms with Crippen LogP contribution in [0, 0.1) is 0 Å². The lowest BCUT2D eigenvalue weighted by Crippen LogP contribution is -2.37. The van der Waals surface area contributed by atoms with Crippen LogP contribution in [0.2, 0.25) is 5.02 Å². The summed E-state index contributed by atoms with van der Waals surface area (Å²) in [6.45, 7) is 1.19. The Kier molecular flexibility index (Phi) is 3.84. The quantitative estimate of drug-likeness (QED) is 0.498. The van der Waals surface area contributed by atoms with Crippen LogP contribution in [-0.4, -0.2) is 29.6 Å². The Bertz CT molecular complexity index is 1150. The zero-order chi connectivity index (χ0) is 18.5. The number of benzene rings is 2. The predicted octanol–water partition coefficient (Wildman–Crippen LogP) is 4.71. The number of carbonyl (C=O) groups is 1. The smallest absolute Gasteiger partial charge is 0.315 e. The van der Waals surface area contributed by atoms with E-state index >= 15 is 0 Å². The number of fused-ring (bicyclic) bond motifs is 4. The number of hydrogen-bond acceptors (Lipinski definition) is 5.